The van der Waals surface area contributed by atoms with Crippen LogP contribution in [0.3, 0.4) is 0 Å². The fourth-order valence-electron chi connectivity index (χ4n) is 2.28. The van der Waals surface area contributed by atoms with Gasteiger partial charge in [-0.3, -0.25) is 4.79 Å². The van der Waals surface area contributed by atoms with Crippen LogP contribution in [0.1, 0.15) is 18.5 Å². The molecule has 0 saturated carbocycles. The van der Waals surface area contributed by atoms with Gasteiger partial charge in [-0.15, -0.1) is 5.10 Å². The highest BCUT2D eigenvalue weighted by Crippen LogP contribution is 2.15. The van der Waals surface area contributed by atoms with Gasteiger partial charge >= 0.3 is 5.69 Å². The molecule has 0 saturated heterocycles. The van der Waals surface area contributed by atoms with E-state index in [1.807, 2.05) is 0 Å². The van der Waals surface area contributed by atoms with Crippen LogP contribution < -0.4 is 11.0 Å². The smallest absolute Gasteiger partial charge is 0.348 e. The summed E-state index contributed by atoms with van der Waals surface area (Å²) >= 11 is 0. The van der Waals surface area contributed by atoms with Crippen LogP contribution in [0.25, 0.3) is 5.78 Å². The second-order valence-electron chi connectivity index (χ2n) is 5.35. The summed E-state index contributed by atoms with van der Waals surface area (Å²) in [6.07, 6.45) is 1.81. The molecule has 0 aliphatic heterocycles. The topological polar surface area (TPSA) is 81.3 Å². The minimum absolute atomic E-state index is 0.0483. The first kappa shape index (κ1) is 16.7. The third-order valence-electron chi connectivity index (χ3n) is 3.52. The largest absolute Gasteiger partial charge is 0.352 e. The molecule has 0 radical (unpaired) electrons. The van der Waals surface area contributed by atoms with E-state index in [0.29, 0.717) is 5.56 Å². The normalized spacial score (nSPS) is 12.3. The molecular formula is C15H12F3N5O2. The summed E-state index contributed by atoms with van der Waals surface area (Å²) in [6, 6.07) is 2.66. The van der Waals surface area contributed by atoms with Crippen LogP contribution in [0.5, 0.6) is 0 Å². The number of hydrogen-bond acceptors (Lipinski definition) is 4. The van der Waals surface area contributed by atoms with Gasteiger partial charge in [-0.2, -0.15) is 0 Å². The predicted octanol–water partition coefficient (Wildman–Crippen LogP) is 1.19. The molecule has 10 heteroatoms. The second kappa shape index (κ2) is 6.38. The molecular weight excluding hydrogens is 339 g/mol. The number of nitrogens with zero attached hydrogens (tertiary/aromatic N) is 4. The number of halogens is 3. The lowest BCUT2D eigenvalue weighted by Gasteiger charge is -2.14. The SMILES string of the molecule is C[C@H](NC(=O)Cn1nc2ncc(F)cn2c1=O)c1ccc(F)c(F)c1. The number of carbonyl (C=O) groups is 1. The third-order valence-corrected chi connectivity index (χ3v) is 3.52. The van der Waals surface area contributed by atoms with Gasteiger partial charge in [0.1, 0.15) is 6.54 Å². The molecule has 130 valence electrons. The van der Waals surface area contributed by atoms with E-state index in [9.17, 15) is 22.8 Å². The molecule has 3 rings (SSSR count). The van der Waals surface area contributed by atoms with Gasteiger partial charge in [0, 0.05) is 0 Å². The van der Waals surface area contributed by atoms with E-state index in [4.69, 9.17) is 0 Å². The fraction of sp³-hybridized carbons (Fsp3) is 0.200. The van der Waals surface area contributed by atoms with Crippen molar-refractivity contribution in [3.05, 3.63) is 64.1 Å². The van der Waals surface area contributed by atoms with Crippen molar-refractivity contribution in [3.8, 4) is 0 Å². The van der Waals surface area contributed by atoms with Gasteiger partial charge in [0.2, 0.25) is 5.91 Å². The Kier molecular flexibility index (Phi) is 4.26. The van der Waals surface area contributed by atoms with Crippen molar-refractivity contribution < 1.29 is 18.0 Å². The zero-order valence-electron chi connectivity index (χ0n) is 12.9. The van der Waals surface area contributed by atoms with Crippen molar-refractivity contribution in [1.29, 1.82) is 0 Å². The lowest BCUT2D eigenvalue weighted by molar-refractivity contribution is -0.122. The first-order valence-electron chi connectivity index (χ1n) is 7.20. The predicted molar refractivity (Wildman–Crippen MR) is 80.1 cm³/mol. The van der Waals surface area contributed by atoms with Crippen LogP contribution in [0.2, 0.25) is 0 Å². The van der Waals surface area contributed by atoms with Gasteiger partial charge in [-0.25, -0.2) is 32.0 Å². The second-order valence-corrected chi connectivity index (χ2v) is 5.35. The van der Waals surface area contributed by atoms with Gasteiger partial charge in [0.25, 0.3) is 5.78 Å². The Morgan fingerprint density at radius 3 is 2.76 bits per heavy atom. The summed E-state index contributed by atoms with van der Waals surface area (Å²) in [6.45, 7) is 1.14. The lowest BCUT2D eigenvalue weighted by Crippen LogP contribution is -2.34. The van der Waals surface area contributed by atoms with Crippen molar-refractivity contribution in [3.63, 3.8) is 0 Å². The molecule has 7 nitrogen and oxygen atoms in total. The molecule has 25 heavy (non-hydrogen) atoms. The molecule has 1 N–H and O–H groups in total. The first-order chi connectivity index (χ1) is 11.8. The van der Waals surface area contributed by atoms with Crippen molar-refractivity contribution in [2.75, 3.05) is 0 Å². The molecule has 0 fully saturated rings. The number of nitrogens with one attached hydrogen (secondary N) is 1. The van der Waals surface area contributed by atoms with E-state index < -0.39 is 41.6 Å². The number of benzene rings is 1. The Balaban J connectivity index is 1.75. The average molecular weight is 351 g/mol. The molecule has 0 bridgehead atoms. The molecule has 1 amide bonds. The Bertz CT molecular complexity index is 1010. The monoisotopic (exact) mass is 351 g/mol. The van der Waals surface area contributed by atoms with Crippen LogP contribution >= 0.6 is 0 Å². The number of aromatic nitrogens is 4. The zero-order valence-corrected chi connectivity index (χ0v) is 12.9. The zero-order chi connectivity index (χ0) is 18.1. The summed E-state index contributed by atoms with van der Waals surface area (Å²) < 4.78 is 41.0. The Labute approximate surface area is 138 Å². The fourth-order valence-corrected chi connectivity index (χ4v) is 2.28. The van der Waals surface area contributed by atoms with Crippen molar-refractivity contribution >= 4 is 11.7 Å². The Morgan fingerprint density at radius 1 is 1.28 bits per heavy atom. The highest BCUT2D eigenvalue weighted by Gasteiger charge is 2.15. The molecule has 2 heterocycles. The maximum absolute atomic E-state index is 13.2. The quantitative estimate of drug-likeness (QED) is 0.766. The van der Waals surface area contributed by atoms with Crippen LogP contribution in [0.4, 0.5) is 13.2 Å². The van der Waals surface area contributed by atoms with E-state index in [2.05, 4.69) is 15.4 Å². The molecule has 0 unspecified atom stereocenters. The van der Waals surface area contributed by atoms with Gasteiger partial charge in [-0.05, 0) is 24.6 Å². The van der Waals surface area contributed by atoms with E-state index in [1.165, 1.54) is 6.07 Å². The van der Waals surface area contributed by atoms with Crippen LogP contribution in [-0.2, 0) is 11.3 Å². The molecule has 1 atom stereocenters. The third kappa shape index (κ3) is 3.37. The average Bonchev–Trinajstić information content (AvgIpc) is 2.86. The number of hydrogen-bond donors (Lipinski definition) is 1. The van der Waals surface area contributed by atoms with Crippen molar-refractivity contribution in [2.24, 2.45) is 0 Å². The van der Waals surface area contributed by atoms with Crippen molar-refractivity contribution in [1.82, 2.24) is 24.5 Å². The molecule has 3 aromatic rings. The number of fused-ring (bicyclic) bond motifs is 1. The first-order valence-corrected chi connectivity index (χ1v) is 7.20. The summed E-state index contributed by atoms with van der Waals surface area (Å²) in [5.74, 6) is -3.36. The number of rotatable bonds is 4. The van der Waals surface area contributed by atoms with Crippen LogP contribution in [-0.4, -0.2) is 25.1 Å². The minimum atomic E-state index is -1.02. The van der Waals surface area contributed by atoms with Gasteiger partial charge in [0.15, 0.2) is 17.5 Å². The van der Waals surface area contributed by atoms with Gasteiger partial charge in [-0.1, -0.05) is 6.07 Å². The standard InChI is InChI=1S/C15H12F3N5O2/c1-8(9-2-3-11(17)12(18)4-9)20-13(24)7-23-15(25)22-6-10(16)5-19-14(22)21-23/h2-6,8H,7H2,1H3,(H,20,24)/t8-/m0/s1. The summed E-state index contributed by atoms with van der Waals surface area (Å²) in [4.78, 5) is 27.7. The Hall–Kier alpha value is -3.17. The van der Waals surface area contributed by atoms with E-state index >= 15 is 0 Å². The van der Waals surface area contributed by atoms with E-state index in [-0.39, 0.29) is 5.78 Å². The molecule has 1 aromatic carbocycles. The maximum atomic E-state index is 13.2. The molecule has 0 spiro atoms. The van der Waals surface area contributed by atoms with Gasteiger partial charge < -0.3 is 5.32 Å². The number of carbonyl (C=O) groups excluding carboxylic acids is 1. The van der Waals surface area contributed by atoms with Crippen molar-refractivity contribution in [2.45, 2.75) is 19.5 Å². The molecule has 0 aliphatic rings. The highest BCUT2D eigenvalue weighted by molar-refractivity contribution is 5.76. The highest BCUT2D eigenvalue weighted by atomic mass is 19.2. The summed E-state index contributed by atoms with van der Waals surface area (Å²) in [5.41, 5.74) is -0.365. The van der Waals surface area contributed by atoms with E-state index in [1.54, 1.807) is 6.92 Å². The van der Waals surface area contributed by atoms with Gasteiger partial charge in [0.05, 0.1) is 18.4 Å². The minimum Gasteiger partial charge on any atom is -0.348 e. The summed E-state index contributed by atoms with van der Waals surface area (Å²) in [5, 5.41) is 6.36. The molecule has 0 aliphatic carbocycles. The summed E-state index contributed by atoms with van der Waals surface area (Å²) in [7, 11) is 0. The van der Waals surface area contributed by atoms with Crippen LogP contribution in [0.15, 0.2) is 35.4 Å². The van der Waals surface area contributed by atoms with Crippen LogP contribution in [0, 0.1) is 17.5 Å². The maximum Gasteiger partial charge on any atom is 0.352 e. The lowest BCUT2D eigenvalue weighted by atomic mass is 10.1. The Morgan fingerprint density at radius 2 is 2.04 bits per heavy atom. The molecule has 2 aromatic heterocycles. The number of amides is 1. The van der Waals surface area contributed by atoms with E-state index in [0.717, 1.165) is 33.6 Å².